The van der Waals surface area contributed by atoms with Crippen molar-refractivity contribution >= 4 is 0 Å². The number of rotatable bonds is 2. The van der Waals surface area contributed by atoms with Gasteiger partial charge in [0.05, 0.1) is 11.8 Å². The van der Waals surface area contributed by atoms with E-state index >= 15 is 0 Å². The van der Waals surface area contributed by atoms with Gasteiger partial charge in [-0.25, -0.2) is 0 Å². The number of hydrogen-bond donors (Lipinski definition) is 1. The molecule has 62 valence electrons. The molecular formula is C9H10N2O. The van der Waals surface area contributed by atoms with E-state index in [0.717, 1.165) is 5.56 Å². The van der Waals surface area contributed by atoms with Crippen LogP contribution in [0.5, 0.6) is 0 Å². The molecule has 1 unspecified atom stereocenters. The molecule has 2 rings (SSSR count). The topological polar surface area (TPSA) is 63.0 Å². The lowest BCUT2D eigenvalue weighted by Crippen LogP contribution is -2.12. The molecule has 12 heavy (non-hydrogen) atoms. The molecule has 3 nitrogen and oxygen atoms in total. The SMILES string of the molecule is N#Cc1cocc1C(N)C1CC1. The van der Waals surface area contributed by atoms with Gasteiger partial charge in [-0.3, -0.25) is 0 Å². The Morgan fingerprint density at radius 3 is 2.92 bits per heavy atom. The molecule has 3 heteroatoms. The van der Waals surface area contributed by atoms with Gasteiger partial charge in [0.15, 0.2) is 0 Å². The van der Waals surface area contributed by atoms with Crippen molar-refractivity contribution in [1.29, 1.82) is 5.26 Å². The van der Waals surface area contributed by atoms with Gasteiger partial charge in [-0.15, -0.1) is 0 Å². The summed E-state index contributed by atoms with van der Waals surface area (Å²) in [6, 6.07) is 2.06. The molecule has 1 saturated carbocycles. The second-order valence-corrected chi connectivity index (χ2v) is 3.22. The predicted molar refractivity (Wildman–Crippen MR) is 43.1 cm³/mol. The number of furan rings is 1. The summed E-state index contributed by atoms with van der Waals surface area (Å²) in [5.41, 5.74) is 7.35. The molecule has 1 aromatic rings. The molecule has 1 aliphatic rings. The lowest BCUT2D eigenvalue weighted by Gasteiger charge is -2.06. The van der Waals surface area contributed by atoms with Crippen LogP contribution in [-0.2, 0) is 0 Å². The van der Waals surface area contributed by atoms with Crippen molar-refractivity contribution in [3.8, 4) is 6.07 Å². The summed E-state index contributed by atoms with van der Waals surface area (Å²) in [4.78, 5) is 0. The van der Waals surface area contributed by atoms with Crippen LogP contribution in [0.1, 0.15) is 30.0 Å². The first-order valence-electron chi connectivity index (χ1n) is 4.04. The van der Waals surface area contributed by atoms with Crippen molar-refractivity contribution in [3.05, 3.63) is 23.7 Å². The Morgan fingerprint density at radius 2 is 2.33 bits per heavy atom. The Kier molecular flexibility index (Phi) is 1.63. The first-order chi connectivity index (χ1) is 5.83. The van der Waals surface area contributed by atoms with Crippen LogP contribution in [0.4, 0.5) is 0 Å². The second-order valence-electron chi connectivity index (χ2n) is 3.22. The van der Waals surface area contributed by atoms with Crippen molar-refractivity contribution in [2.45, 2.75) is 18.9 Å². The molecule has 1 atom stereocenters. The van der Waals surface area contributed by atoms with E-state index in [-0.39, 0.29) is 6.04 Å². The molecule has 0 bridgehead atoms. The van der Waals surface area contributed by atoms with Crippen LogP contribution in [0.15, 0.2) is 16.9 Å². The third-order valence-electron chi connectivity index (χ3n) is 2.30. The van der Waals surface area contributed by atoms with Gasteiger partial charge in [0.2, 0.25) is 0 Å². The maximum absolute atomic E-state index is 8.69. The zero-order valence-corrected chi connectivity index (χ0v) is 6.66. The van der Waals surface area contributed by atoms with Crippen molar-refractivity contribution < 1.29 is 4.42 Å². The average Bonchev–Trinajstić information content (AvgIpc) is 2.82. The maximum Gasteiger partial charge on any atom is 0.108 e. The molecule has 1 heterocycles. The normalized spacial score (nSPS) is 18.7. The average molecular weight is 162 g/mol. The van der Waals surface area contributed by atoms with Crippen LogP contribution in [0.2, 0.25) is 0 Å². The fourth-order valence-corrected chi connectivity index (χ4v) is 1.37. The fraction of sp³-hybridized carbons (Fsp3) is 0.444. The van der Waals surface area contributed by atoms with Crippen LogP contribution in [0.25, 0.3) is 0 Å². The van der Waals surface area contributed by atoms with Crippen LogP contribution >= 0.6 is 0 Å². The summed E-state index contributed by atoms with van der Waals surface area (Å²) in [5.74, 6) is 0.565. The summed E-state index contributed by atoms with van der Waals surface area (Å²) in [5, 5.41) is 8.69. The van der Waals surface area contributed by atoms with Crippen LogP contribution in [-0.4, -0.2) is 0 Å². The van der Waals surface area contributed by atoms with Gasteiger partial charge in [0.1, 0.15) is 12.3 Å². The van der Waals surface area contributed by atoms with Gasteiger partial charge < -0.3 is 10.2 Å². The minimum atomic E-state index is -0.00148. The smallest absolute Gasteiger partial charge is 0.108 e. The highest BCUT2D eigenvalue weighted by molar-refractivity contribution is 5.36. The van der Waals surface area contributed by atoms with E-state index in [1.807, 2.05) is 0 Å². The van der Waals surface area contributed by atoms with Crippen LogP contribution in [0, 0.1) is 17.2 Å². The lowest BCUT2D eigenvalue weighted by atomic mass is 10.0. The third-order valence-corrected chi connectivity index (χ3v) is 2.30. The molecule has 0 saturated heterocycles. The van der Waals surface area contributed by atoms with Crippen molar-refractivity contribution in [1.82, 2.24) is 0 Å². The summed E-state index contributed by atoms with van der Waals surface area (Å²) in [6.45, 7) is 0. The summed E-state index contributed by atoms with van der Waals surface area (Å²) in [6.07, 6.45) is 5.40. The van der Waals surface area contributed by atoms with E-state index in [9.17, 15) is 0 Å². The largest absolute Gasteiger partial charge is 0.471 e. The third kappa shape index (κ3) is 1.10. The molecule has 0 amide bonds. The van der Waals surface area contributed by atoms with Crippen LogP contribution in [0.3, 0.4) is 0 Å². The van der Waals surface area contributed by atoms with Crippen molar-refractivity contribution in [2.24, 2.45) is 11.7 Å². The van der Waals surface area contributed by atoms with Gasteiger partial charge in [0.25, 0.3) is 0 Å². The predicted octanol–water partition coefficient (Wildman–Crippen LogP) is 1.56. The first-order valence-corrected chi connectivity index (χ1v) is 4.04. The molecule has 0 aliphatic heterocycles. The van der Waals surface area contributed by atoms with Gasteiger partial charge >= 0.3 is 0 Å². The Morgan fingerprint density at radius 1 is 1.58 bits per heavy atom. The van der Waals surface area contributed by atoms with E-state index in [0.29, 0.717) is 11.5 Å². The quantitative estimate of drug-likeness (QED) is 0.717. The summed E-state index contributed by atoms with van der Waals surface area (Å²) in [7, 11) is 0. The molecule has 2 N–H and O–H groups in total. The Hall–Kier alpha value is -1.27. The van der Waals surface area contributed by atoms with Crippen molar-refractivity contribution in [3.63, 3.8) is 0 Å². The lowest BCUT2D eigenvalue weighted by molar-refractivity contribution is 0.551. The van der Waals surface area contributed by atoms with E-state index in [4.69, 9.17) is 15.4 Å². The van der Waals surface area contributed by atoms with Gasteiger partial charge in [-0.1, -0.05) is 0 Å². The van der Waals surface area contributed by atoms with Crippen molar-refractivity contribution in [2.75, 3.05) is 0 Å². The zero-order chi connectivity index (χ0) is 8.55. The molecule has 1 aliphatic carbocycles. The molecule has 1 aromatic heterocycles. The Balaban J connectivity index is 2.26. The van der Waals surface area contributed by atoms with E-state index in [2.05, 4.69) is 6.07 Å². The first kappa shape index (κ1) is 7.38. The molecule has 1 fully saturated rings. The van der Waals surface area contributed by atoms with Gasteiger partial charge in [-0.2, -0.15) is 5.26 Å². The summed E-state index contributed by atoms with van der Waals surface area (Å²) < 4.78 is 4.93. The van der Waals surface area contributed by atoms with E-state index in [1.165, 1.54) is 19.1 Å². The van der Waals surface area contributed by atoms with Gasteiger partial charge in [0, 0.05) is 11.6 Å². The number of nitrogens with two attached hydrogens (primary N) is 1. The highest BCUT2D eigenvalue weighted by atomic mass is 16.3. The number of nitriles is 1. The number of nitrogens with zero attached hydrogens (tertiary/aromatic N) is 1. The standard InChI is InChI=1S/C9H10N2O/c10-3-7-4-12-5-8(7)9(11)6-1-2-6/h4-6,9H,1-2,11H2. The minimum Gasteiger partial charge on any atom is -0.471 e. The monoisotopic (exact) mass is 162 g/mol. The Labute approximate surface area is 70.8 Å². The van der Waals surface area contributed by atoms with Crippen LogP contribution < -0.4 is 5.73 Å². The fourth-order valence-electron chi connectivity index (χ4n) is 1.37. The zero-order valence-electron chi connectivity index (χ0n) is 6.66. The van der Waals surface area contributed by atoms with E-state index < -0.39 is 0 Å². The second kappa shape index (κ2) is 2.65. The molecule has 0 aromatic carbocycles. The highest BCUT2D eigenvalue weighted by Crippen LogP contribution is 2.40. The Bertz CT molecular complexity index is 320. The maximum atomic E-state index is 8.69. The molecular weight excluding hydrogens is 152 g/mol. The number of hydrogen-bond acceptors (Lipinski definition) is 3. The summed E-state index contributed by atoms with van der Waals surface area (Å²) >= 11 is 0. The molecule has 0 spiro atoms. The van der Waals surface area contributed by atoms with E-state index in [1.54, 1.807) is 6.26 Å². The molecule has 0 radical (unpaired) electrons. The minimum absolute atomic E-state index is 0.00148. The van der Waals surface area contributed by atoms with Gasteiger partial charge in [-0.05, 0) is 18.8 Å². The highest BCUT2D eigenvalue weighted by Gasteiger charge is 2.31.